The van der Waals surface area contributed by atoms with Gasteiger partial charge in [-0.1, -0.05) is 23.7 Å². The van der Waals surface area contributed by atoms with Crippen LogP contribution in [0.3, 0.4) is 0 Å². The zero-order valence-corrected chi connectivity index (χ0v) is 16.1. The number of nitrogens with zero attached hydrogens (tertiary/aromatic N) is 1. The average molecular weight is 384 g/mol. The third-order valence-electron chi connectivity index (χ3n) is 5.11. The molecule has 1 unspecified atom stereocenters. The molecule has 0 spiro atoms. The highest BCUT2D eigenvalue weighted by atomic mass is 35.5. The van der Waals surface area contributed by atoms with Crippen molar-refractivity contribution in [1.82, 2.24) is 9.88 Å². The van der Waals surface area contributed by atoms with Crippen molar-refractivity contribution in [3.63, 3.8) is 0 Å². The van der Waals surface area contributed by atoms with Crippen molar-refractivity contribution in [3.8, 4) is 0 Å². The van der Waals surface area contributed by atoms with Crippen molar-refractivity contribution in [3.05, 3.63) is 64.3 Å². The van der Waals surface area contributed by atoms with Crippen LogP contribution in [0.25, 0.3) is 10.9 Å². The molecule has 0 fully saturated rings. The lowest BCUT2D eigenvalue weighted by Gasteiger charge is -2.35. The van der Waals surface area contributed by atoms with E-state index in [9.17, 15) is 4.79 Å². The molecule has 0 radical (unpaired) electrons. The van der Waals surface area contributed by atoms with Gasteiger partial charge in [-0.2, -0.15) is 0 Å². The molecule has 2 heterocycles. The highest BCUT2D eigenvalue weighted by Gasteiger charge is 2.35. The van der Waals surface area contributed by atoms with Gasteiger partial charge in [0.25, 0.3) is 0 Å². The van der Waals surface area contributed by atoms with Gasteiger partial charge in [0.15, 0.2) is 0 Å². The van der Waals surface area contributed by atoms with Crippen LogP contribution in [0.2, 0.25) is 5.02 Å². The van der Waals surface area contributed by atoms with Gasteiger partial charge >= 0.3 is 6.09 Å². The lowest BCUT2D eigenvalue weighted by molar-refractivity contribution is 0.0932. The van der Waals surface area contributed by atoms with Crippen LogP contribution in [0.15, 0.2) is 42.5 Å². The molecule has 1 atom stereocenters. The summed E-state index contributed by atoms with van der Waals surface area (Å²) in [6, 6.07) is 13.8. The number of fused-ring (bicyclic) bond motifs is 3. The van der Waals surface area contributed by atoms with E-state index in [1.807, 2.05) is 44.3 Å². The number of anilines is 1. The summed E-state index contributed by atoms with van der Waals surface area (Å²) >= 11 is 6.22. The van der Waals surface area contributed by atoms with Crippen LogP contribution in [0, 0.1) is 0 Å². The van der Waals surface area contributed by atoms with E-state index in [0.717, 1.165) is 34.3 Å². The Labute approximate surface area is 163 Å². The van der Waals surface area contributed by atoms with Crippen LogP contribution >= 0.6 is 11.6 Å². The predicted molar refractivity (Wildman–Crippen MR) is 109 cm³/mol. The van der Waals surface area contributed by atoms with Crippen molar-refractivity contribution < 1.29 is 9.53 Å². The van der Waals surface area contributed by atoms with E-state index in [0.29, 0.717) is 18.2 Å². The second kappa shape index (κ2) is 7.16. The van der Waals surface area contributed by atoms with Gasteiger partial charge in [-0.25, -0.2) is 4.79 Å². The smallest absolute Gasteiger partial charge is 0.410 e. The zero-order valence-electron chi connectivity index (χ0n) is 15.4. The number of nitrogens with one attached hydrogen (secondary N) is 2. The maximum atomic E-state index is 12.6. The first-order valence-electron chi connectivity index (χ1n) is 9.13. The van der Waals surface area contributed by atoms with E-state index in [1.54, 1.807) is 4.90 Å². The Morgan fingerprint density at radius 2 is 2.07 bits per heavy atom. The summed E-state index contributed by atoms with van der Waals surface area (Å²) in [5, 5.41) is 4.97. The molecule has 1 aliphatic heterocycles. The summed E-state index contributed by atoms with van der Waals surface area (Å²) < 4.78 is 5.33. The minimum absolute atomic E-state index is 0.218. The maximum Gasteiger partial charge on any atom is 0.410 e. The molecule has 1 aromatic heterocycles. The predicted octanol–water partition coefficient (Wildman–Crippen LogP) is 4.97. The van der Waals surface area contributed by atoms with Crippen LogP contribution in [-0.2, 0) is 11.2 Å². The monoisotopic (exact) mass is 383 g/mol. The van der Waals surface area contributed by atoms with Gasteiger partial charge in [-0.3, -0.25) is 4.90 Å². The van der Waals surface area contributed by atoms with Gasteiger partial charge in [-0.15, -0.1) is 0 Å². The number of carbonyl (C=O) groups excluding carboxylic acids is 1. The Morgan fingerprint density at radius 1 is 1.30 bits per heavy atom. The van der Waals surface area contributed by atoms with Crippen LogP contribution in [-0.4, -0.2) is 36.2 Å². The van der Waals surface area contributed by atoms with E-state index >= 15 is 0 Å². The Balaban J connectivity index is 1.86. The Hall–Kier alpha value is -2.66. The Morgan fingerprint density at radius 3 is 2.78 bits per heavy atom. The minimum Gasteiger partial charge on any atom is -0.450 e. The Bertz CT molecular complexity index is 981. The fourth-order valence-corrected chi connectivity index (χ4v) is 4.01. The fourth-order valence-electron chi connectivity index (χ4n) is 3.84. The third-order valence-corrected chi connectivity index (χ3v) is 5.34. The molecule has 6 heteroatoms. The SMILES string of the molecule is CCOC(=O)N1CCc2c([nH]c3ccc(Cl)cc23)C1c1ccc(NC)cc1. The topological polar surface area (TPSA) is 57.4 Å². The molecule has 1 amide bonds. The van der Waals surface area contributed by atoms with Crippen LogP contribution in [0.4, 0.5) is 10.5 Å². The molecule has 27 heavy (non-hydrogen) atoms. The first-order chi connectivity index (χ1) is 13.1. The lowest BCUT2D eigenvalue weighted by atomic mass is 9.92. The van der Waals surface area contributed by atoms with Crippen LogP contribution in [0.1, 0.15) is 29.8 Å². The molecule has 2 aromatic carbocycles. The first kappa shape index (κ1) is 17.7. The number of amides is 1. The summed E-state index contributed by atoms with van der Waals surface area (Å²) in [6.45, 7) is 2.79. The molecule has 4 rings (SSSR count). The molecule has 0 saturated carbocycles. The summed E-state index contributed by atoms with van der Waals surface area (Å²) in [7, 11) is 1.89. The summed E-state index contributed by atoms with van der Waals surface area (Å²) in [5.74, 6) is 0. The second-order valence-electron chi connectivity index (χ2n) is 6.62. The van der Waals surface area contributed by atoms with Crippen molar-refractivity contribution in [2.45, 2.75) is 19.4 Å². The number of hydrogen-bond acceptors (Lipinski definition) is 3. The highest BCUT2D eigenvalue weighted by molar-refractivity contribution is 6.31. The molecule has 5 nitrogen and oxygen atoms in total. The summed E-state index contributed by atoms with van der Waals surface area (Å²) in [6.07, 6.45) is 0.474. The second-order valence-corrected chi connectivity index (χ2v) is 7.06. The largest absolute Gasteiger partial charge is 0.450 e. The Kier molecular flexibility index (Phi) is 4.70. The van der Waals surface area contributed by atoms with Crippen LogP contribution < -0.4 is 5.32 Å². The molecule has 0 bridgehead atoms. The van der Waals surface area contributed by atoms with E-state index < -0.39 is 0 Å². The van der Waals surface area contributed by atoms with Gasteiger partial charge < -0.3 is 15.0 Å². The number of H-pyrrole nitrogens is 1. The van der Waals surface area contributed by atoms with Crippen molar-refractivity contribution >= 4 is 34.3 Å². The minimum atomic E-state index is -0.289. The molecular formula is C21H22ClN3O2. The number of ether oxygens (including phenoxy) is 1. The molecular weight excluding hydrogens is 362 g/mol. The molecule has 2 N–H and O–H groups in total. The van der Waals surface area contributed by atoms with E-state index in [1.165, 1.54) is 5.56 Å². The fraction of sp³-hybridized carbons (Fsp3) is 0.286. The number of carbonyl (C=O) groups is 1. The van der Waals surface area contributed by atoms with Gasteiger partial charge in [-0.05, 0) is 54.8 Å². The van der Waals surface area contributed by atoms with Gasteiger partial charge in [0.05, 0.1) is 6.61 Å². The molecule has 0 saturated heterocycles. The standard InChI is InChI=1S/C21H22ClN3O2/c1-3-27-21(26)25-11-10-16-17-12-14(22)6-9-18(17)24-19(16)20(25)13-4-7-15(23-2)8-5-13/h4-9,12,20,23-24H,3,10-11H2,1-2H3. The molecule has 3 aromatic rings. The van der Waals surface area contributed by atoms with E-state index in [4.69, 9.17) is 16.3 Å². The number of benzene rings is 2. The molecule has 140 valence electrons. The number of halogens is 1. The van der Waals surface area contributed by atoms with Crippen molar-refractivity contribution in [2.24, 2.45) is 0 Å². The number of aromatic amines is 1. The molecule has 0 aliphatic carbocycles. The average Bonchev–Trinajstić information content (AvgIpc) is 3.05. The normalized spacial score (nSPS) is 16.3. The van der Waals surface area contributed by atoms with Gasteiger partial charge in [0.1, 0.15) is 6.04 Å². The maximum absolute atomic E-state index is 12.6. The van der Waals surface area contributed by atoms with E-state index in [2.05, 4.69) is 22.4 Å². The van der Waals surface area contributed by atoms with Crippen LogP contribution in [0.5, 0.6) is 0 Å². The quantitative estimate of drug-likeness (QED) is 0.671. The first-order valence-corrected chi connectivity index (χ1v) is 9.51. The molecule has 1 aliphatic rings. The number of aromatic nitrogens is 1. The third kappa shape index (κ3) is 3.12. The van der Waals surface area contributed by atoms with Crippen molar-refractivity contribution in [1.29, 1.82) is 0 Å². The summed E-state index contributed by atoms with van der Waals surface area (Å²) in [5.41, 5.74) is 5.35. The number of hydrogen-bond donors (Lipinski definition) is 2. The lowest BCUT2D eigenvalue weighted by Crippen LogP contribution is -2.40. The number of rotatable bonds is 3. The van der Waals surface area contributed by atoms with Gasteiger partial charge in [0.2, 0.25) is 0 Å². The summed E-state index contributed by atoms with van der Waals surface area (Å²) in [4.78, 5) is 18.0. The zero-order chi connectivity index (χ0) is 19.0. The highest BCUT2D eigenvalue weighted by Crippen LogP contribution is 2.39. The van der Waals surface area contributed by atoms with E-state index in [-0.39, 0.29) is 12.1 Å². The van der Waals surface area contributed by atoms with Crippen molar-refractivity contribution in [2.75, 3.05) is 25.5 Å². The van der Waals surface area contributed by atoms with Gasteiger partial charge in [0, 0.05) is 40.9 Å².